The molecule has 4 aromatic rings. The number of fused-ring (bicyclic) bond motifs is 5. The fourth-order valence-corrected chi connectivity index (χ4v) is 6.95. The van der Waals surface area contributed by atoms with Gasteiger partial charge in [0.1, 0.15) is 10.8 Å². The molecule has 184 valence electrons. The SMILES string of the molecule is COc1cccc(CNC(=O)N2Cc3c(sc4c3CCCC4)-n3cccc3[C@@H]2c2ccc(C)cc2)c1. The summed E-state index contributed by atoms with van der Waals surface area (Å²) < 4.78 is 7.70. The first-order valence-corrected chi connectivity index (χ1v) is 13.5. The Hall–Kier alpha value is -3.51. The van der Waals surface area contributed by atoms with Crippen molar-refractivity contribution in [1.29, 1.82) is 0 Å². The van der Waals surface area contributed by atoms with E-state index in [-0.39, 0.29) is 12.1 Å². The lowest BCUT2D eigenvalue weighted by atomic mass is 9.95. The van der Waals surface area contributed by atoms with Gasteiger partial charge in [0.05, 0.1) is 25.4 Å². The number of benzene rings is 2. The Kier molecular flexibility index (Phi) is 6.05. The molecule has 6 heteroatoms. The van der Waals surface area contributed by atoms with Crippen LogP contribution < -0.4 is 10.1 Å². The highest BCUT2D eigenvalue weighted by molar-refractivity contribution is 7.15. The number of carbonyl (C=O) groups excluding carboxylic acids is 1. The highest BCUT2D eigenvalue weighted by Crippen LogP contribution is 2.44. The number of amides is 2. The number of aryl methyl sites for hydroxylation is 2. The highest BCUT2D eigenvalue weighted by Gasteiger charge is 2.35. The van der Waals surface area contributed by atoms with Crippen molar-refractivity contribution >= 4 is 17.4 Å². The third-order valence-corrected chi connectivity index (χ3v) is 8.74. The van der Waals surface area contributed by atoms with Gasteiger partial charge >= 0.3 is 6.03 Å². The summed E-state index contributed by atoms with van der Waals surface area (Å²) in [7, 11) is 1.66. The van der Waals surface area contributed by atoms with E-state index in [4.69, 9.17) is 4.74 Å². The van der Waals surface area contributed by atoms with Crippen molar-refractivity contribution in [3.8, 4) is 10.8 Å². The Bertz CT molecular complexity index is 1400. The number of nitrogens with one attached hydrogen (secondary N) is 1. The molecule has 2 aliphatic rings. The lowest BCUT2D eigenvalue weighted by Crippen LogP contribution is -2.41. The number of carbonyl (C=O) groups is 1. The molecule has 0 saturated carbocycles. The lowest BCUT2D eigenvalue weighted by molar-refractivity contribution is 0.180. The van der Waals surface area contributed by atoms with Crippen LogP contribution in [0.3, 0.4) is 0 Å². The van der Waals surface area contributed by atoms with Crippen LogP contribution in [0.15, 0.2) is 66.9 Å². The van der Waals surface area contributed by atoms with E-state index >= 15 is 0 Å². The molecule has 2 aromatic carbocycles. The molecule has 2 amide bonds. The summed E-state index contributed by atoms with van der Waals surface area (Å²) in [5, 5.41) is 4.49. The van der Waals surface area contributed by atoms with Gasteiger partial charge in [-0.1, -0.05) is 42.0 Å². The summed E-state index contributed by atoms with van der Waals surface area (Å²) in [6.45, 7) is 3.15. The number of urea groups is 1. The molecule has 0 bridgehead atoms. The predicted molar refractivity (Wildman–Crippen MR) is 144 cm³/mol. The van der Waals surface area contributed by atoms with Crippen LogP contribution in [0.2, 0.25) is 0 Å². The molecular formula is C30H31N3O2S. The molecule has 1 N–H and O–H groups in total. The van der Waals surface area contributed by atoms with Crippen LogP contribution in [-0.4, -0.2) is 22.6 Å². The maximum Gasteiger partial charge on any atom is 0.318 e. The van der Waals surface area contributed by atoms with E-state index in [0.717, 1.165) is 35.4 Å². The number of nitrogens with zero attached hydrogens (tertiary/aromatic N) is 2. The summed E-state index contributed by atoms with van der Waals surface area (Å²) in [6, 6.07) is 20.5. The van der Waals surface area contributed by atoms with Gasteiger partial charge in [0, 0.05) is 23.2 Å². The molecule has 1 aliphatic carbocycles. The summed E-state index contributed by atoms with van der Waals surface area (Å²) >= 11 is 1.92. The Balaban J connectivity index is 1.41. The standard InChI is InChI=1S/C30H31N3O2S/c1-20-12-14-22(15-13-20)28-26-10-6-16-32(26)29-25(24-9-3-4-11-27(24)36-29)19-33(28)30(34)31-18-21-7-5-8-23(17-21)35-2/h5-8,10,12-17,28H,3-4,9,11,18-19H2,1-2H3,(H,31,34)/t28-/m0/s1. The van der Waals surface area contributed by atoms with Gasteiger partial charge in [-0.3, -0.25) is 0 Å². The van der Waals surface area contributed by atoms with Gasteiger partial charge < -0.3 is 19.5 Å². The number of aromatic nitrogens is 1. The summed E-state index contributed by atoms with van der Waals surface area (Å²) in [4.78, 5) is 17.5. The van der Waals surface area contributed by atoms with Crippen molar-refractivity contribution in [2.24, 2.45) is 0 Å². The molecular weight excluding hydrogens is 466 g/mol. The van der Waals surface area contributed by atoms with Crippen LogP contribution in [0.4, 0.5) is 4.79 Å². The quantitative estimate of drug-likeness (QED) is 0.348. The first-order valence-electron chi connectivity index (χ1n) is 12.7. The second kappa shape index (κ2) is 9.51. The molecule has 1 atom stereocenters. The first kappa shape index (κ1) is 22.9. The number of rotatable bonds is 4. The zero-order chi connectivity index (χ0) is 24.6. The van der Waals surface area contributed by atoms with Crippen molar-refractivity contribution < 1.29 is 9.53 Å². The maximum absolute atomic E-state index is 13.9. The fraction of sp³-hybridized carbons (Fsp3) is 0.300. The Morgan fingerprint density at radius 2 is 1.89 bits per heavy atom. The molecule has 3 heterocycles. The highest BCUT2D eigenvalue weighted by atomic mass is 32.1. The van der Waals surface area contributed by atoms with Crippen molar-refractivity contribution in [1.82, 2.24) is 14.8 Å². The van der Waals surface area contributed by atoms with Crippen molar-refractivity contribution in [2.75, 3.05) is 7.11 Å². The molecule has 6 rings (SSSR count). The van der Waals surface area contributed by atoms with Crippen LogP contribution in [-0.2, 0) is 25.9 Å². The van der Waals surface area contributed by atoms with Gasteiger partial charge in [-0.05, 0) is 73.6 Å². The Morgan fingerprint density at radius 3 is 2.72 bits per heavy atom. The first-order chi connectivity index (χ1) is 17.6. The summed E-state index contributed by atoms with van der Waals surface area (Å²) in [5.41, 5.74) is 7.27. The number of hydrogen-bond donors (Lipinski definition) is 1. The van der Waals surface area contributed by atoms with Crippen LogP contribution >= 0.6 is 11.3 Å². The van der Waals surface area contributed by atoms with E-state index in [1.54, 1.807) is 7.11 Å². The molecule has 36 heavy (non-hydrogen) atoms. The van der Waals surface area contributed by atoms with Gasteiger partial charge in [0.25, 0.3) is 0 Å². The molecule has 1 aliphatic heterocycles. The zero-order valence-electron chi connectivity index (χ0n) is 20.8. The van der Waals surface area contributed by atoms with E-state index in [9.17, 15) is 4.79 Å². The molecule has 5 nitrogen and oxygen atoms in total. The van der Waals surface area contributed by atoms with Crippen molar-refractivity contribution in [3.05, 3.63) is 105 Å². The van der Waals surface area contributed by atoms with Gasteiger partial charge in [-0.2, -0.15) is 0 Å². The lowest BCUT2D eigenvalue weighted by Gasteiger charge is -2.31. The average molecular weight is 498 g/mol. The average Bonchev–Trinajstić information content (AvgIpc) is 3.50. The fourth-order valence-electron chi connectivity index (χ4n) is 5.55. The van der Waals surface area contributed by atoms with Crippen molar-refractivity contribution in [2.45, 2.75) is 51.7 Å². The molecule has 0 spiro atoms. The largest absolute Gasteiger partial charge is 0.497 e. The minimum absolute atomic E-state index is 0.0558. The normalized spacial score (nSPS) is 16.5. The second-order valence-electron chi connectivity index (χ2n) is 9.75. The van der Waals surface area contributed by atoms with Crippen LogP contribution in [0.25, 0.3) is 5.00 Å². The van der Waals surface area contributed by atoms with Gasteiger partial charge in [-0.25, -0.2) is 4.79 Å². The zero-order valence-corrected chi connectivity index (χ0v) is 21.6. The Labute approximate surface area is 216 Å². The monoisotopic (exact) mass is 497 g/mol. The molecule has 0 unspecified atom stereocenters. The van der Waals surface area contributed by atoms with E-state index < -0.39 is 0 Å². The maximum atomic E-state index is 13.9. The van der Waals surface area contributed by atoms with E-state index in [2.05, 4.69) is 59.4 Å². The second-order valence-corrected chi connectivity index (χ2v) is 10.8. The predicted octanol–water partition coefficient (Wildman–Crippen LogP) is 6.55. The van der Waals surface area contributed by atoms with Crippen LogP contribution in [0.5, 0.6) is 5.75 Å². The summed E-state index contributed by atoms with van der Waals surface area (Å²) in [6.07, 6.45) is 6.88. The number of methoxy groups -OCH3 is 1. The van der Waals surface area contributed by atoms with E-state index in [1.807, 2.05) is 40.5 Å². The minimum atomic E-state index is -0.176. The van der Waals surface area contributed by atoms with E-state index in [1.165, 1.54) is 39.4 Å². The topological polar surface area (TPSA) is 46.5 Å². The third kappa shape index (κ3) is 4.09. The summed E-state index contributed by atoms with van der Waals surface area (Å²) in [5.74, 6) is 0.793. The minimum Gasteiger partial charge on any atom is -0.497 e. The third-order valence-electron chi connectivity index (χ3n) is 7.41. The molecule has 2 aromatic heterocycles. The number of ether oxygens (including phenoxy) is 1. The van der Waals surface area contributed by atoms with Gasteiger partial charge in [-0.15, -0.1) is 11.3 Å². The van der Waals surface area contributed by atoms with Crippen molar-refractivity contribution in [3.63, 3.8) is 0 Å². The Morgan fingerprint density at radius 1 is 1.06 bits per heavy atom. The molecule has 0 radical (unpaired) electrons. The van der Waals surface area contributed by atoms with Gasteiger partial charge in [0.2, 0.25) is 0 Å². The van der Waals surface area contributed by atoms with Crippen LogP contribution in [0.1, 0.15) is 57.3 Å². The number of hydrogen-bond acceptors (Lipinski definition) is 3. The number of thiophene rings is 1. The van der Waals surface area contributed by atoms with Crippen LogP contribution in [0, 0.1) is 6.92 Å². The molecule has 0 fully saturated rings. The smallest absolute Gasteiger partial charge is 0.318 e. The molecule has 0 saturated heterocycles. The van der Waals surface area contributed by atoms with Gasteiger partial charge in [0.15, 0.2) is 0 Å². The van der Waals surface area contributed by atoms with E-state index in [0.29, 0.717) is 13.1 Å².